The van der Waals surface area contributed by atoms with Gasteiger partial charge in [0.1, 0.15) is 0 Å². The van der Waals surface area contributed by atoms with Crippen LogP contribution >= 0.6 is 0 Å². The first-order valence-electron chi connectivity index (χ1n) is 5.18. The van der Waals surface area contributed by atoms with Crippen molar-refractivity contribution in [3.05, 3.63) is 36.1 Å². The van der Waals surface area contributed by atoms with E-state index < -0.39 is 5.82 Å². The van der Waals surface area contributed by atoms with Crippen molar-refractivity contribution in [3.63, 3.8) is 0 Å². The highest BCUT2D eigenvalue weighted by Gasteiger charge is 2.09. The second-order valence-corrected chi connectivity index (χ2v) is 3.50. The van der Waals surface area contributed by atoms with E-state index in [1.165, 1.54) is 13.2 Å². The van der Waals surface area contributed by atoms with Crippen molar-refractivity contribution in [1.82, 2.24) is 10.3 Å². The quantitative estimate of drug-likeness (QED) is 0.884. The number of ether oxygens (including phenoxy) is 1. The SMILES string of the molecule is CNCc1ncc(-c2ccc(OC)c(F)c2)o1. The average Bonchev–Trinajstić information content (AvgIpc) is 2.78. The third kappa shape index (κ3) is 2.45. The van der Waals surface area contributed by atoms with Crippen LogP contribution in [-0.2, 0) is 6.54 Å². The molecule has 0 radical (unpaired) electrons. The zero-order valence-corrected chi connectivity index (χ0v) is 9.66. The van der Waals surface area contributed by atoms with Gasteiger partial charge in [-0.1, -0.05) is 0 Å². The van der Waals surface area contributed by atoms with Gasteiger partial charge in [0.15, 0.2) is 17.3 Å². The molecule has 2 aromatic rings. The number of hydrogen-bond acceptors (Lipinski definition) is 4. The third-order valence-electron chi connectivity index (χ3n) is 2.32. The smallest absolute Gasteiger partial charge is 0.208 e. The minimum absolute atomic E-state index is 0.212. The lowest BCUT2D eigenvalue weighted by Gasteiger charge is -2.02. The average molecular weight is 236 g/mol. The molecule has 0 aliphatic rings. The molecule has 1 N–H and O–H groups in total. The number of benzene rings is 1. The molecule has 0 saturated heterocycles. The van der Waals surface area contributed by atoms with Gasteiger partial charge < -0.3 is 14.5 Å². The highest BCUT2D eigenvalue weighted by molar-refractivity contribution is 5.57. The summed E-state index contributed by atoms with van der Waals surface area (Å²) in [5, 5.41) is 2.93. The number of methoxy groups -OCH3 is 1. The molecule has 1 heterocycles. The van der Waals surface area contributed by atoms with Gasteiger partial charge in [-0.05, 0) is 25.2 Å². The summed E-state index contributed by atoms with van der Waals surface area (Å²) < 4.78 is 23.8. The molecule has 1 aromatic heterocycles. The van der Waals surface area contributed by atoms with Crippen molar-refractivity contribution >= 4 is 0 Å². The molecule has 5 heteroatoms. The second-order valence-electron chi connectivity index (χ2n) is 3.50. The molecule has 0 spiro atoms. The van der Waals surface area contributed by atoms with E-state index in [1.54, 1.807) is 25.4 Å². The van der Waals surface area contributed by atoms with Gasteiger partial charge in [-0.25, -0.2) is 9.37 Å². The summed E-state index contributed by atoms with van der Waals surface area (Å²) in [5.74, 6) is 0.899. The van der Waals surface area contributed by atoms with Gasteiger partial charge in [-0.2, -0.15) is 0 Å². The Kier molecular flexibility index (Phi) is 3.39. The predicted molar refractivity (Wildman–Crippen MR) is 61.2 cm³/mol. The van der Waals surface area contributed by atoms with E-state index in [9.17, 15) is 4.39 Å². The number of oxazole rings is 1. The van der Waals surface area contributed by atoms with E-state index in [0.29, 0.717) is 23.8 Å². The van der Waals surface area contributed by atoms with E-state index in [2.05, 4.69) is 10.3 Å². The first kappa shape index (κ1) is 11.6. The van der Waals surface area contributed by atoms with Crippen molar-refractivity contribution < 1.29 is 13.5 Å². The first-order valence-corrected chi connectivity index (χ1v) is 5.18. The lowest BCUT2D eigenvalue weighted by Crippen LogP contribution is -2.04. The number of hydrogen-bond donors (Lipinski definition) is 1. The van der Waals surface area contributed by atoms with Crippen LogP contribution in [0.5, 0.6) is 5.75 Å². The van der Waals surface area contributed by atoms with Gasteiger partial charge in [0.25, 0.3) is 0 Å². The van der Waals surface area contributed by atoms with Crippen molar-refractivity contribution in [2.75, 3.05) is 14.2 Å². The number of rotatable bonds is 4. The molecular formula is C12H13FN2O2. The van der Waals surface area contributed by atoms with Crippen molar-refractivity contribution in [1.29, 1.82) is 0 Å². The molecule has 0 fully saturated rings. The maximum absolute atomic E-state index is 13.5. The summed E-state index contributed by atoms with van der Waals surface area (Å²) in [5.41, 5.74) is 0.637. The van der Waals surface area contributed by atoms with Gasteiger partial charge >= 0.3 is 0 Å². The maximum atomic E-state index is 13.5. The maximum Gasteiger partial charge on any atom is 0.208 e. The fourth-order valence-corrected chi connectivity index (χ4v) is 1.50. The van der Waals surface area contributed by atoms with Gasteiger partial charge in [0, 0.05) is 5.56 Å². The molecule has 0 aliphatic heterocycles. The second kappa shape index (κ2) is 4.97. The van der Waals surface area contributed by atoms with E-state index in [4.69, 9.17) is 9.15 Å². The van der Waals surface area contributed by atoms with E-state index in [1.807, 2.05) is 0 Å². The Balaban J connectivity index is 2.29. The lowest BCUT2D eigenvalue weighted by atomic mass is 10.2. The van der Waals surface area contributed by atoms with Crippen LogP contribution in [0.2, 0.25) is 0 Å². The summed E-state index contributed by atoms with van der Waals surface area (Å²) in [6.45, 7) is 0.540. The summed E-state index contributed by atoms with van der Waals surface area (Å²) in [6.07, 6.45) is 1.58. The summed E-state index contributed by atoms with van der Waals surface area (Å²) in [7, 11) is 3.23. The topological polar surface area (TPSA) is 47.3 Å². The van der Waals surface area contributed by atoms with Crippen molar-refractivity contribution in [2.45, 2.75) is 6.54 Å². The highest BCUT2D eigenvalue weighted by atomic mass is 19.1. The van der Waals surface area contributed by atoms with Crippen LogP contribution in [0.3, 0.4) is 0 Å². The van der Waals surface area contributed by atoms with Gasteiger partial charge in [-0.15, -0.1) is 0 Å². The van der Waals surface area contributed by atoms with Crippen LogP contribution in [-0.4, -0.2) is 19.1 Å². The molecule has 2 rings (SSSR count). The largest absolute Gasteiger partial charge is 0.494 e. The Morgan fingerprint density at radius 3 is 2.94 bits per heavy atom. The van der Waals surface area contributed by atoms with Crippen LogP contribution in [0, 0.1) is 5.82 Å². The standard InChI is InChI=1S/C12H13FN2O2/c1-14-7-12-15-6-11(17-12)8-3-4-10(16-2)9(13)5-8/h3-6,14H,7H2,1-2H3. The number of aromatic nitrogens is 1. The zero-order chi connectivity index (χ0) is 12.3. The highest BCUT2D eigenvalue weighted by Crippen LogP contribution is 2.25. The minimum atomic E-state index is -0.420. The lowest BCUT2D eigenvalue weighted by molar-refractivity contribution is 0.386. The monoisotopic (exact) mass is 236 g/mol. The first-order chi connectivity index (χ1) is 8.24. The Labute approximate surface area is 98.4 Å². The van der Waals surface area contributed by atoms with Crippen LogP contribution in [0.15, 0.2) is 28.8 Å². The molecule has 4 nitrogen and oxygen atoms in total. The number of nitrogens with zero attached hydrogens (tertiary/aromatic N) is 1. The summed E-state index contributed by atoms with van der Waals surface area (Å²) in [6, 6.07) is 4.65. The summed E-state index contributed by atoms with van der Waals surface area (Å²) in [4.78, 5) is 4.07. The zero-order valence-electron chi connectivity index (χ0n) is 9.66. The van der Waals surface area contributed by atoms with Gasteiger partial charge in [0.05, 0.1) is 19.9 Å². The fraction of sp³-hybridized carbons (Fsp3) is 0.250. The Morgan fingerprint density at radius 1 is 1.47 bits per heavy atom. The van der Waals surface area contributed by atoms with Crippen LogP contribution < -0.4 is 10.1 Å². The Bertz CT molecular complexity index is 511. The van der Waals surface area contributed by atoms with Crippen LogP contribution in [0.1, 0.15) is 5.89 Å². The summed E-state index contributed by atoms with van der Waals surface area (Å²) >= 11 is 0. The van der Waals surface area contributed by atoms with E-state index in [0.717, 1.165) is 0 Å². The van der Waals surface area contributed by atoms with Gasteiger partial charge in [-0.3, -0.25) is 0 Å². The molecular weight excluding hydrogens is 223 g/mol. The predicted octanol–water partition coefficient (Wildman–Crippen LogP) is 2.21. The number of nitrogens with one attached hydrogen (secondary N) is 1. The van der Waals surface area contributed by atoms with Crippen LogP contribution in [0.25, 0.3) is 11.3 Å². The van der Waals surface area contributed by atoms with E-state index in [-0.39, 0.29) is 5.75 Å². The normalized spacial score (nSPS) is 10.5. The molecule has 17 heavy (non-hydrogen) atoms. The van der Waals surface area contributed by atoms with Crippen LogP contribution in [0.4, 0.5) is 4.39 Å². The van der Waals surface area contributed by atoms with E-state index >= 15 is 0 Å². The minimum Gasteiger partial charge on any atom is -0.494 e. The Morgan fingerprint density at radius 2 is 2.29 bits per heavy atom. The third-order valence-corrected chi connectivity index (χ3v) is 2.32. The molecule has 0 unspecified atom stereocenters. The van der Waals surface area contributed by atoms with Gasteiger partial charge in [0.2, 0.25) is 5.89 Å². The molecule has 0 aliphatic carbocycles. The molecule has 0 bridgehead atoms. The molecule has 0 amide bonds. The molecule has 90 valence electrons. The molecule has 0 atom stereocenters. The molecule has 0 saturated carbocycles. The van der Waals surface area contributed by atoms with Crippen molar-refractivity contribution in [3.8, 4) is 17.1 Å². The molecule has 1 aromatic carbocycles. The number of halogens is 1. The Hall–Kier alpha value is -1.88. The van der Waals surface area contributed by atoms with Crippen molar-refractivity contribution in [2.24, 2.45) is 0 Å². The fourth-order valence-electron chi connectivity index (χ4n) is 1.50.